The van der Waals surface area contributed by atoms with Crippen molar-refractivity contribution in [2.45, 2.75) is 38.3 Å². The van der Waals surface area contributed by atoms with E-state index in [9.17, 15) is 4.79 Å². The van der Waals surface area contributed by atoms with Crippen molar-refractivity contribution in [2.24, 2.45) is 5.92 Å². The Morgan fingerprint density at radius 1 is 1.25 bits per heavy atom. The van der Waals surface area contributed by atoms with Crippen molar-refractivity contribution in [3.63, 3.8) is 0 Å². The molecule has 0 aromatic heterocycles. The van der Waals surface area contributed by atoms with Gasteiger partial charge in [0.15, 0.2) is 0 Å². The van der Waals surface area contributed by atoms with Crippen molar-refractivity contribution in [2.75, 3.05) is 33.2 Å². The van der Waals surface area contributed by atoms with Gasteiger partial charge in [-0.1, -0.05) is 30.3 Å². The highest BCUT2D eigenvalue weighted by molar-refractivity contribution is 5.76. The molecule has 1 aromatic rings. The van der Waals surface area contributed by atoms with E-state index in [1.165, 1.54) is 12.0 Å². The normalized spacial score (nSPS) is 22.2. The van der Waals surface area contributed by atoms with Crippen molar-refractivity contribution < 1.29 is 4.79 Å². The third kappa shape index (κ3) is 4.79. The van der Waals surface area contributed by atoms with Crippen LogP contribution in [-0.2, 0) is 11.3 Å². The number of benzene rings is 1. The topological polar surface area (TPSA) is 47.6 Å². The van der Waals surface area contributed by atoms with Crippen LogP contribution in [0.3, 0.4) is 0 Å². The monoisotopic (exact) mass is 330 g/mol. The summed E-state index contributed by atoms with van der Waals surface area (Å²) in [6, 6.07) is 11.1. The molecule has 5 heteroatoms. The van der Waals surface area contributed by atoms with Gasteiger partial charge in [-0.25, -0.2) is 0 Å². The average molecular weight is 330 g/mol. The highest BCUT2D eigenvalue weighted by Gasteiger charge is 2.26. The van der Waals surface area contributed by atoms with Crippen LogP contribution in [0.2, 0.25) is 0 Å². The molecule has 24 heavy (non-hydrogen) atoms. The van der Waals surface area contributed by atoms with Gasteiger partial charge in [-0.2, -0.15) is 0 Å². The van der Waals surface area contributed by atoms with Gasteiger partial charge in [-0.3, -0.25) is 20.5 Å². The van der Waals surface area contributed by atoms with E-state index in [2.05, 4.69) is 58.0 Å². The number of hydrazine groups is 1. The predicted octanol–water partition coefficient (Wildman–Crippen LogP) is 1.61. The molecule has 1 amide bonds. The number of amides is 1. The first-order valence-corrected chi connectivity index (χ1v) is 9.20. The van der Waals surface area contributed by atoms with Crippen molar-refractivity contribution in [1.29, 1.82) is 0 Å². The number of hydrogen-bond donors (Lipinski definition) is 2. The van der Waals surface area contributed by atoms with Crippen LogP contribution in [0.4, 0.5) is 0 Å². The quantitative estimate of drug-likeness (QED) is 0.832. The number of likely N-dealkylation sites (N-methyl/N-ethyl adjacent to an activating group) is 1. The van der Waals surface area contributed by atoms with Gasteiger partial charge in [0.05, 0.1) is 0 Å². The van der Waals surface area contributed by atoms with Crippen molar-refractivity contribution in [3.05, 3.63) is 35.9 Å². The van der Waals surface area contributed by atoms with E-state index in [1.807, 2.05) is 0 Å². The maximum absolute atomic E-state index is 12.5. The second kappa shape index (κ2) is 8.60. The SMILES string of the molecule is CN(Cc1ccccc1)C1CCCN(C(=O)CCC2CNNC2)C1. The van der Waals surface area contributed by atoms with E-state index >= 15 is 0 Å². The van der Waals surface area contributed by atoms with Gasteiger partial charge >= 0.3 is 0 Å². The molecule has 2 aliphatic heterocycles. The second-order valence-electron chi connectivity index (χ2n) is 7.20. The molecule has 1 aromatic carbocycles. The molecule has 0 aliphatic carbocycles. The lowest BCUT2D eigenvalue weighted by Crippen LogP contribution is -2.48. The molecule has 0 saturated carbocycles. The fourth-order valence-electron chi connectivity index (χ4n) is 3.74. The Morgan fingerprint density at radius 3 is 2.75 bits per heavy atom. The molecule has 5 nitrogen and oxygen atoms in total. The first-order valence-electron chi connectivity index (χ1n) is 9.20. The largest absolute Gasteiger partial charge is 0.341 e. The maximum atomic E-state index is 12.5. The minimum Gasteiger partial charge on any atom is -0.341 e. The summed E-state index contributed by atoms with van der Waals surface area (Å²) < 4.78 is 0. The van der Waals surface area contributed by atoms with Crippen LogP contribution in [0.5, 0.6) is 0 Å². The third-order valence-corrected chi connectivity index (χ3v) is 5.32. The summed E-state index contributed by atoms with van der Waals surface area (Å²) in [6.07, 6.45) is 3.97. The predicted molar refractivity (Wildman–Crippen MR) is 96.2 cm³/mol. The van der Waals surface area contributed by atoms with E-state index in [1.54, 1.807) is 0 Å². The lowest BCUT2D eigenvalue weighted by Gasteiger charge is -2.38. The fraction of sp³-hybridized carbons (Fsp3) is 0.632. The molecule has 2 heterocycles. The molecule has 3 rings (SSSR count). The molecule has 1 atom stereocenters. The van der Waals surface area contributed by atoms with Crippen LogP contribution < -0.4 is 10.9 Å². The van der Waals surface area contributed by atoms with Crippen LogP contribution >= 0.6 is 0 Å². The molecular formula is C19H30N4O. The number of carbonyl (C=O) groups excluding carboxylic acids is 1. The Hall–Kier alpha value is -1.43. The zero-order valence-electron chi connectivity index (χ0n) is 14.7. The number of nitrogens with zero attached hydrogens (tertiary/aromatic N) is 2. The zero-order valence-corrected chi connectivity index (χ0v) is 14.7. The smallest absolute Gasteiger partial charge is 0.222 e. The average Bonchev–Trinajstić information content (AvgIpc) is 3.14. The summed E-state index contributed by atoms with van der Waals surface area (Å²) in [4.78, 5) is 17.0. The van der Waals surface area contributed by atoms with Gasteiger partial charge in [0.1, 0.15) is 0 Å². The Labute approximate surface area is 145 Å². The molecule has 2 N–H and O–H groups in total. The Bertz CT molecular complexity index is 515. The summed E-state index contributed by atoms with van der Waals surface area (Å²) in [5, 5.41) is 0. The molecule has 0 radical (unpaired) electrons. The summed E-state index contributed by atoms with van der Waals surface area (Å²) in [5.41, 5.74) is 7.62. The molecule has 1 unspecified atom stereocenters. The van der Waals surface area contributed by atoms with E-state index in [0.717, 1.165) is 45.6 Å². The number of nitrogens with one attached hydrogen (secondary N) is 2. The summed E-state index contributed by atoms with van der Waals surface area (Å²) in [7, 11) is 2.18. The minimum absolute atomic E-state index is 0.333. The number of rotatable bonds is 6. The zero-order chi connectivity index (χ0) is 16.8. The van der Waals surface area contributed by atoms with Crippen molar-refractivity contribution in [3.8, 4) is 0 Å². The summed E-state index contributed by atoms with van der Waals surface area (Å²) in [6.45, 7) is 4.72. The Kier molecular flexibility index (Phi) is 6.24. The fourth-order valence-corrected chi connectivity index (χ4v) is 3.74. The van der Waals surface area contributed by atoms with Crippen molar-refractivity contribution in [1.82, 2.24) is 20.7 Å². The molecule has 2 saturated heterocycles. The number of carbonyl (C=O) groups is 1. The van der Waals surface area contributed by atoms with Crippen LogP contribution in [0.25, 0.3) is 0 Å². The van der Waals surface area contributed by atoms with Crippen LogP contribution in [-0.4, -0.2) is 55.0 Å². The highest BCUT2D eigenvalue weighted by atomic mass is 16.2. The van der Waals surface area contributed by atoms with Gasteiger partial charge in [0.2, 0.25) is 5.91 Å². The van der Waals surface area contributed by atoms with Crippen molar-refractivity contribution >= 4 is 5.91 Å². The standard InChI is InChI=1S/C19H30N4O/c1-22(14-16-6-3-2-4-7-16)18-8-5-11-23(15-18)19(24)10-9-17-12-20-21-13-17/h2-4,6-7,17-18,20-21H,5,8-15H2,1H3. The lowest BCUT2D eigenvalue weighted by molar-refractivity contribution is -0.133. The minimum atomic E-state index is 0.333. The van der Waals surface area contributed by atoms with Gasteiger partial charge < -0.3 is 4.90 Å². The van der Waals surface area contributed by atoms with E-state index in [-0.39, 0.29) is 0 Å². The van der Waals surface area contributed by atoms with E-state index < -0.39 is 0 Å². The number of likely N-dealkylation sites (tertiary alicyclic amines) is 1. The van der Waals surface area contributed by atoms with Crippen LogP contribution in [0.1, 0.15) is 31.2 Å². The second-order valence-corrected chi connectivity index (χ2v) is 7.20. The van der Waals surface area contributed by atoms with Gasteiger partial charge in [0.25, 0.3) is 0 Å². The van der Waals surface area contributed by atoms with Gasteiger partial charge in [0, 0.05) is 45.2 Å². The molecule has 132 valence electrons. The first-order chi connectivity index (χ1) is 11.7. The van der Waals surface area contributed by atoms with E-state index in [4.69, 9.17) is 0 Å². The lowest BCUT2D eigenvalue weighted by atomic mass is 10.0. The molecular weight excluding hydrogens is 300 g/mol. The van der Waals surface area contributed by atoms with Crippen LogP contribution in [0.15, 0.2) is 30.3 Å². The number of piperidine rings is 1. The molecule has 2 fully saturated rings. The molecule has 0 bridgehead atoms. The summed E-state index contributed by atoms with van der Waals surface area (Å²) >= 11 is 0. The van der Waals surface area contributed by atoms with Crippen LogP contribution in [0, 0.1) is 5.92 Å². The number of hydrogen-bond acceptors (Lipinski definition) is 4. The first kappa shape index (κ1) is 17.4. The van der Waals surface area contributed by atoms with Gasteiger partial charge in [-0.15, -0.1) is 0 Å². The Balaban J connectivity index is 1.47. The molecule has 2 aliphatic rings. The highest BCUT2D eigenvalue weighted by Crippen LogP contribution is 2.19. The maximum Gasteiger partial charge on any atom is 0.222 e. The van der Waals surface area contributed by atoms with Gasteiger partial charge in [-0.05, 0) is 37.8 Å². The third-order valence-electron chi connectivity index (χ3n) is 5.32. The Morgan fingerprint density at radius 2 is 2.00 bits per heavy atom. The molecule has 0 spiro atoms. The van der Waals surface area contributed by atoms with E-state index in [0.29, 0.717) is 24.3 Å². The summed E-state index contributed by atoms with van der Waals surface area (Å²) in [5.74, 6) is 0.926.